The van der Waals surface area contributed by atoms with Gasteiger partial charge in [0.15, 0.2) is 12.3 Å². The van der Waals surface area contributed by atoms with Crippen molar-refractivity contribution in [2.24, 2.45) is 0 Å². The lowest BCUT2D eigenvalue weighted by Crippen LogP contribution is -2.31. The minimum absolute atomic E-state index is 0.0956. The number of likely N-dealkylation sites (N-methyl/N-ethyl adjacent to an activating group) is 1. The Hall–Kier alpha value is -3.48. The number of aryl methyl sites for hydroxylation is 2. The third-order valence-corrected chi connectivity index (χ3v) is 4.38. The molecule has 28 heavy (non-hydrogen) atoms. The predicted molar refractivity (Wildman–Crippen MR) is 104 cm³/mol. The van der Waals surface area contributed by atoms with Crippen LogP contribution in [-0.2, 0) is 16.1 Å². The Balaban J connectivity index is 1.60. The van der Waals surface area contributed by atoms with Gasteiger partial charge < -0.3 is 9.64 Å². The maximum atomic E-state index is 12.3. The molecule has 7 heteroatoms. The number of aromatic nitrogens is 3. The number of rotatable bonds is 6. The van der Waals surface area contributed by atoms with Crippen molar-refractivity contribution in [3.63, 3.8) is 0 Å². The Labute approximate surface area is 163 Å². The monoisotopic (exact) mass is 378 g/mol. The van der Waals surface area contributed by atoms with Crippen LogP contribution in [0.4, 0.5) is 0 Å². The highest BCUT2D eigenvalue weighted by atomic mass is 16.5. The minimum Gasteiger partial charge on any atom is -0.451 e. The van der Waals surface area contributed by atoms with E-state index < -0.39 is 5.97 Å². The number of esters is 1. The summed E-state index contributed by atoms with van der Waals surface area (Å²) in [5.74, 6) is -0.956. The Bertz CT molecular complexity index is 982. The first-order valence-electron chi connectivity index (χ1n) is 8.90. The van der Waals surface area contributed by atoms with E-state index in [9.17, 15) is 9.59 Å². The van der Waals surface area contributed by atoms with Crippen molar-refractivity contribution >= 4 is 11.9 Å². The van der Waals surface area contributed by atoms with Crippen LogP contribution in [0.2, 0.25) is 0 Å². The fraction of sp³-hybridized carbons (Fsp3) is 0.238. The summed E-state index contributed by atoms with van der Waals surface area (Å²) in [7, 11) is 1.68. The van der Waals surface area contributed by atoms with Crippen LogP contribution >= 0.6 is 0 Å². The van der Waals surface area contributed by atoms with E-state index in [0.717, 1.165) is 16.8 Å². The highest BCUT2D eigenvalue weighted by molar-refractivity contribution is 5.90. The number of carbonyl (C=O) groups excluding carboxylic acids is 2. The van der Waals surface area contributed by atoms with Gasteiger partial charge in [-0.2, -0.15) is 9.90 Å². The fourth-order valence-electron chi connectivity index (χ4n) is 2.68. The number of amides is 1. The van der Waals surface area contributed by atoms with E-state index in [0.29, 0.717) is 12.2 Å². The molecule has 0 saturated heterocycles. The Morgan fingerprint density at radius 2 is 1.68 bits per heavy atom. The van der Waals surface area contributed by atoms with Crippen LogP contribution in [0.3, 0.4) is 0 Å². The molecule has 0 bridgehead atoms. The maximum absolute atomic E-state index is 12.3. The van der Waals surface area contributed by atoms with Crippen molar-refractivity contribution in [3.05, 3.63) is 77.1 Å². The van der Waals surface area contributed by atoms with Crippen LogP contribution in [0.15, 0.2) is 54.6 Å². The molecule has 3 rings (SSSR count). The number of nitrogens with zero attached hydrogens (tertiary/aromatic N) is 4. The van der Waals surface area contributed by atoms with Crippen molar-refractivity contribution in [3.8, 4) is 5.69 Å². The normalized spacial score (nSPS) is 10.5. The van der Waals surface area contributed by atoms with E-state index in [4.69, 9.17) is 4.74 Å². The number of benzene rings is 2. The lowest BCUT2D eigenvalue weighted by atomic mass is 10.1. The molecule has 0 N–H and O–H groups in total. The highest BCUT2D eigenvalue weighted by Gasteiger charge is 2.20. The van der Waals surface area contributed by atoms with Crippen LogP contribution in [0.25, 0.3) is 5.69 Å². The predicted octanol–water partition coefficient (Wildman–Crippen LogP) is 2.70. The van der Waals surface area contributed by atoms with E-state index in [-0.39, 0.29) is 18.2 Å². The summed E-state index contributed by atoms with van der Waals surface area (Å²) in [6.07, 6.45) is 0. The van der Waals surface area contributed by atoms with Gasteiger partial charge in [-0.25, -0.2) is 4.79 Å². The van der Waals surface area contributed by atoms with E-state index in [1.807, 2.05) is 61.5 Å². The van der Waals surface area contributed by atoms with Crippen LogP contribution in [0, 0.1) is 13.8 Å². The molecule has 0 atom stereocenters. The quantitative estimate of drug-likeness (QED) is 0.617. The summed E-state index contributed by atoms with van der Waals surface area (Å²) in [6, 6.07) is 17.1. The third kappa shape index (κ3) is 4.43. The van der Waals surface area contributed by atoms with Crippen molar-refractivity contribution < 1.29 is 14.3 Å². The van der Waals surface area contributed by atoms with Crippen molar-refractivity contribution in [2.75, 3.05) is 13.7 Å². The van der Waals surface area contributed by atoms with Gasteiger partial charge in [-0.1, -0.05) is 42.5 Å². The summed E-state index contributed by atoms with van der Waals surface area (Å²) in [5, 5.41) is 8.43. The first kappa shape index (κ1) is 19.3. The average molecular weight is 378 g/mol. The Morgan fingerprint density at radius 1 is 1.00 bits per heavy atom. The Morgan fingerprint density at radius 3 is 2.39 bits per heavy atom. The van der Waals surface area contributed by atoms with Gasteiger partial charge in [0, 0.05) is 13.6 Å². The zero-order valence-corrected chi connectivity index (χ0v) is 16.1. The lowest BCUT2D eigenvalue weighted by Gasteiger charge is -2.18. The molecule has 1 heterocycles. The fourth-order valence-corrected chi connectivity index (χ4v) is 2.68. The third-order valence-electron chi connectivity index (χ3n) is 4.38. The largest absolute Gasteiger partial charge is 0.451 e. The van der Waals surface area contributed by atoms with Gasteiger partial charge >= 0.3 is 5.97 Å². The average Bonchev–Trinajstić information content (AvgIpc) is 3.10. The molecule has 7 nitrogen and oxygen atoms in total. The molecule has 0 spiro atoms. The second kappa shape index (κ2) is 8.47. The first-order valence-corrected chi connectivity index (χ1v) is 8.90. The maximum Gasteiger partial charge on any atom is 0.361 e. The van der Waals surface area contributed by atoms with Crippen molar-refractivity contribution in [1.29, 1.82) is 0 Å². The molecule has 0 radical (unpaired) electrons. The topological polar surface area (TPSA) is 77.3 Å². The zero-order chi connectivity index (χ0) is 20.1. The van der Waals surface area contributed by atoms with E-state index in [1.54, 1.807) is 14.0 Å². The molecule has 0 aliphatic carbocycles. The van der Waals surface area contributed by atoms with Crippen LogP contribution in [0.5, 0.6) is 0 Å². The summed E-state index contributed by atoms with van der Waals surface area (Å²) in [6.45, 7) is 3.77. The minimum atomic E-state index is -0.669. The number of hydrogen-bond donors (Lipinski definition) is 0. The lowest BCUT2D eigenvalue weighted by molar-refractivity contribution is -0.133. The van der Waals surface area contributed by atoms with E-state index in [2.05, 4.69) is 10.2 Å². The molecule has 0 fully saturated rings. The number of ether oxygens (including phenoxy) is 1. The molecule has 144 valence electrons. The second-order valence-corrected chi connectivity index (χ2v) is 6.51. The molecule has 0 unspecified atom stereocenters. The molecule has 0 saturated carbocycles. The van der Waals surface area contributed by atoms with Gasteiger partial charge in [0.1, 0.15) is 0 Å². The Kier molecular flexibility index (Phi) is 5.84. The standard InChI is InChI=1S/C21H22N4O3/c1-15-9-7-8-10-17(15)13-24(3)19(26)14-28-21(27)20-16(2)22-25(23-20)18-11-5-4-6-12-18/h4-12H,13-14H2,1-3H3. The van der Waals surface area contributed by atoms with Crippen LogP contribution < -0.4 is 0 Å². The summed E-state index contributed by atoms with van der Waals surface area (Å²) in [5.41, 5.74) is 3.42. The number of carbonyl (C=O) groups is 2. The molecule has 0 aliphatic heterocycles. The summed E-state index contributed by atoms with van der Waals surface area (Å²) in [4.78, 5) is 27.6. The van der Waals surface area contributed by atoms with Gasteiger partial charge in [-0.3, -0.25) is 4.79 Å². The number of hydrogen-bond acceptors (Lipinski definition) is 5. The van der Waals surface area contributed by atoms with Gasteiger partial charge in [-0.15, -0.1) is 5.10 Å². The van der Waals surface area contributed by atoms with Crippen molar-refractivity contribution in [1.82, 2.24) is 19.9 Å². The van der Waals surface area contributed by atoms with Gasteiger partial charge in [0.2, 0.25) is 0 Å². The van der Waals surface area contributed by atoms with Gasteiger partial charge in [0.25, 0.3) is 5.91 Å². The second-order valence-electron chi connectivity index (χ2n) is 6.51. The zero-order valence-electron chi connectivity index (χ0n) is 16.1. The molecule has 1 aromatic heterocycles. The number of para-hydroxylation sites is 1. The molecule has 0 aliphatic rings. The van der Waals surface area contributed by atoms with Gasteiger partial charge in [-0.05, 0) is 37.1 Å². The summed E-state index contributed by atoms with van der Waals surface area (Å²) >= 11 is 0. The van der Waals surface area contributed by atoms with E-state index in [1.165, 1.54) is 9.70 Å². The van der Waals surface area contributed by atoms with Crippen LogP contribution in [-0.4, -0.2) is 45.4 Å². The smallest absolute Gasteiger partial charge is 0.361 e. The molecule has 1 amide bonds. The van der Waals surface area contributed by atoms with E-state index >= 15 is 0 Å². The first-order chi connectivity index (χ1) is 13.5. The SMILES string of the molecule is Cc1ccccc1CN(C)C(=O)COC(=O)c1nn(-c2ccccc2)nc1C. The molecular formula is C21H22N4O3. The summed E-state index contributed by atoms with van der Waals surface area (Å²) < 4.78 is 5.16. The molecule has 3 aromatic rings. The highest BCUT2D eigenvalue weighted by Crippen LogP contribution is 2.11. The molecular weight excluding hydrogens is 356 g/mol. The molecule has 2 aromatic carbocycles. The van der Waals surface area contributed by atoms with Crippen molar-refractivity contribution in [2.45, 2.75) is 20.4 Å². The van der Waals surface area contributed by atoms with Gasteiger partial charge in [0.05, 0.1) is 11.4 Å². The van der Waals surface area contributed by atoms with Crippen LogP contribution in [0.1, 0.15) is 27.3 Å².